The standard InChI is InChI=1S/C12H13F2N3O2S/c1-2-7-5-15-17-10(7)16-11(18)9-4-3-8(19-9)6-20-12(13)14/h3-5,12H,2,6H2,1H3,(H2,15,16,17,18). The lowest BCUT2D eigenvalue weighted by molar-refractivity contribution is 0.0995. The summed E-state index contributed by atoms with van der Waals surface area (Å²) in [5.41, 5.74) is 0.874. The van der Waals surface area contributed by atoms with Gasteiger partial charge in [-0.15, -0.1) is 0 Å². The van der Waals surface area contributed by atoms with Gasteiger partial charge in [-0.05, 0) is 18.6 Å². The Labute approximate surface area is 118 Å². The van der Waals surface area contributed by atoms with Crippen LogP contribution in [0.15, 0.2) is 22.7 Å². The number of aryl methyl sites for hydroxylation is 1. The average Bonchev–Trinajstić information content (AvgIpc) is 3.04. The third kappa shape index (κ3) is 3.60. The van der Waals surface area contributed by atoms with Gasteiger partial charge in [-0.3, -0.25) is 9.89 Å². The molecule has 0 spiro atoms. The molecular weight excluding hydrogens is 288 g/mol. The van der Waals surface area contributed by atoms with E-state index in [4.69, 9.17) is 4.42 Å². The number of H-pyrrole nitrogens is 1. The largest absolute Gasteiger partial charge is 0.455 e. The molecule has 1 amide bonds. The van der Waals surface area contributed by atoms with Gasteiger partial charge >= 0.3 is 0 Å². The third-order valence-electron chi connectivity index (χ3n) is 2.57. The van der Waals surface area contributed by atoms with Crippen LogP contribution in [-0.2, 0) is 12.2 Å². The number of carbonyl (C=O) groups is 1. The van der Waals surface area contributed by atoms with Crippen molar-refractivity contribution in [3.63, 3.8) is 0 Å². The summed E-state index contributed by atoms with van der Waals surface area (Å²) in [6, 6.07) is 2.97. The van der Waals surface area contributed by atoms with Crippen LogP contribution in [0.25, 0.3) is 0 Å². The van der Waals surface area contributed by atoms with Gasteiger partial charge in [0.2, 0.25) is 0 Å². The Bertz CT molecular complexity index is 583. The number of rotatable bonds is 6. The van der Waals surface area contributed by atoms with Crippen LogP contribution in [0.1, 0.15) is 28.8 Å². The summed E-state index contributed by atoms with van der Waals surface area (Å²) in [4.78, 5) is 11.9. The SMILES string of the molecule is CCc1cn[nH]c1NC(=O)c1ccc(CSC(F)F)o1. The quantitative estimate of drug-likeness (QED) is 0.859. The number of alkyl halides is 2. The fraction of sp³-hybridized carbons (Fsp3) is 0.333. The highest BCUT2D eigenvalue weighted by molar-refractivity contribution is 7.98. The zero-order valence-electron chi connectivity index (χ0n) is 10.7. The zero-order valence-corrected chi connectivity index (χ0v) is 11.5. The van der Waals surface area contributed by atoms with E-state index in [1.807, 2.05) is 6.92 Å². The fourth-order valence-corrected chi connectivity index (χ4v) is 2.03. The number of nitrogens with one attached hydrogen (secondary N) is 2. The van der Waals surface area contributed by atoms with Crippen molar-refractivity contribution >= 4 is 23.5 Å². The molecule has 0 bridgehead atoms. The first-order valence-corrected chi connectivity index (χ1v) is 6.97. The first-order chi connectivity index (χ1) is 9.60. The lowest BCUT2D eigenvalue weighted by Gasteiger charge is -2.02. The molecule has 2 heterocycles. The molecule has 2 aromatic rings. The van der Waals surface area contributed by atoms with E-state index in [2.05, 4.69) is 15.5 Å². The highest BCUT2D eigenvalue weighted by Crippen LogP contribution is 2.21. The topological polar surface area (TPSA) is 70.9 Å². The number of anilines is 1. The van der Waals surface area contributed by atoms with E-state index in [0.717, 1.165) is 12.0 Å². The highest BCUT2D eigenvalue weighted by Gasteiger charge is 2.15. The van der Waals surface area contributed by atoms with Gasteiger partial charge in [-0.2, -0.15) is 13.9 Å². The van der Waals surface area contributed by atoms with Crippen LogP contribution >= 0.6 is 11.8 Å². The van der Waals surface area contributed by atoms with Gasteiger partial charge in [0.25, 0.3) is 11.7 Å². The first-order valence-electron chi connectivity index (χ1n) is 5.92. The van der Waals surface area contributed by atoms with E-state index in [1.165, 1.54) is 12.1 Å². The van der Waals surface area contributed by atoms with Crippen molar-refractivity contribution in [3.8, 4) is 0 Å². The minimum atomic E-state index is -2.46. The maximum absolute atomic E-state index is 12.1. The van der Waals surface area contributed by atoms with Gasteiger partial charge in [-0.1, -0.05) is 18.7 Å². The minimum absolute atomic E-state index is 0.0230. The van der Waals surface area contributed by atoms with Gasteiger partial charge in [0.15, 0.2) is 5.76 Å². The molecule has 0 fully saturated rings. The molecule has 0 aromatic carbocycles. The highest BCUT2D eigenvalue weighted by atomic mass is 32.2. The van der Waals surface area contributed by atoms with Crippen LogP contribution in [0, 0.1) is 0 Å². The van der Waals surface area contributed by atoms with Crippen molar-refractivity contribution in [3.05, 3.63) is 35.4 Å². The van der Waals surface area contributed by atoms with Crippen LogP contribution in [0.3, 0.4) is 0 Å². The molecule has 8 heteroatoms. The van der Waals surface area contributed by atoms with E-state index in [1.54, 1.807) is 6.20 Å². The molecule has 0 atom stereocenters. The maximum Gasteiger partial charge on any atom is 0.292 e. The Kier molecular flexibility index (Phi) is 4.78. The van der Waals surface area contributed by atoms with E-state index < -0.39 is 11.7 Å². The minimum Gasteiger partial charge on any atom is -0.455 e. The second kappa shape index (κ2) is 6.56. The number of aromatic nitrogens is 2. The Balaban J connectivity index is 1.99. The molecule has 0 aliphatic rings. The molecule has 108 valence electrons. The molecule has 0 radical (unpaired) electrons. The monoisotopic (exact) mass is 301 g/mol. The van der Waals surface area contributed by atoms with Crippen LogP contribution in [0.2, 0.25) is 0 Å². The smallest absolute Gasteiger partial charge is 0.292 e. The summed E-state index contributed by atoms with van der Waals surface area (Å²) in [6.07, 6.45) is 2.35. The van der Waals surface area contributed by atoms with E-state index in [9.17, 15) is 13.6 Å². The van der Waals surface area contributed by atoms with Crippen molar-refractivity contribution in [2.75, 3.05) is 5.32 Å². The molecule has 0 saturated heterocycles. The van der Waals surface area contributed by atoms with Crippen LogP contribution < -0.4 is 5.32 Å². The number of hydrogen-bond acceptors (Lipinski definition) is 4. The summed E-state index contributed by atoms with van der Waals surface area (Å²) in [5, 5.41) is 9.14. The summed E-state index contributed by atoms with van der Waals surface area (Å²) in [7, 11) is 0. The Morgan fingerprint density at radius 3 is 3.05 bits per heavy atom. The van der Waals surface area contributed by atoms with Crippen LogP contribution in [0.4, 0.5) is 14.6 Å². The predicted molar refractivity (Wildman–Crippen MR) is 71.9 cm³/mol. The Morgan fingerprint density at radius 1 is 1.55 bits per heavy atom. The van der Waals surface area contributed by atoms with Gasteiger partial charge in [-0.25, -0.2) is 0 Å². The molecule has 0 aliphatic heterocycles. The number of halogens is 2. The number of amides is 1. The third-order valence-corrected chi connectivity index (χ3v) is 3.28. The molecule has 0 unspecified atom stereocenters. The molecular formula is C12H13F2N3O2S. The normalized spacial score (nSPS) is 11.0. The maximum atomic E-state index is 12.1. The Morgan fingerprint density at radius 2 is 2.35 bits per heavy atom. The fourth-order valence-electron chi connectivity index (χ4n) is 1.59. The van der Waals surface area contributed by atoms with Crippen molar-refractivity contribution in [2.24, 2.45) is 0 Å². The number of furan rings is 1. The number of aromatic amines is 1. The number of thioether (sulfide) groups is 1. The molecule has 2 rings (SSSR count). The lowest BCUT2D eigenvalue weighted by atomic mass is 10.2. The molecule has 2 aromatic heterocycles. The first kappa shape index (κ1) is 14.6. The van der Waals surface area contributed by atoms with E-state index >= 15 is 0 Å². The number of carbonyl (C=O) groups excluding carboxylic acids is 1. The van der Waals surface area contributed by atoms with Gasteiger partial charge in [0.05, 0.1) is 11.9 Å². The Hall–Kier alpha value is -1.83. The average molecular weight is 301 g/mol. The summed E-state index contributed by atoms with van der Waals surface area (Å²) >= 11 is 0.446. The van der Waals surface area contributed by atoms with Crippen molar-refractivity contribution in [2.45, 2.75) is 24.9 Å². The van der Waals surface area contributed by atoms with Crippen molar-refractivity contribution < 1.29 is 18.0 Å². The molecule has 20 heavy (non-hydrogen) atoms. The predicted octanol–water partition coefficient (Wildman–Crippen LogP) is 3.27. The zero-order chi connectivity index (χ0) is 14.5. The van der Waals surface area contributed by atoms with Gasteiger partial charge < -0.3 is 9.73 Å². The van der Waals surface area contributed by atoms with Gasteiger partial charge in [0, 0.05) is 5.56 Å². The summed E-state index contributed by atoms with van der Waals surface area (Å²) in [6.45, 7) is 1.94. The molecule has 0 saturated carbocycles. The van der Waals surface area contributed by atoms with Crippen molar-refractivity contribution in [1.29, 1.82) is 0 Å². The van der Waals surface area contributed by atoms with Crippen molar-refractivity contribution in [1.82, 2.24) is 10.2 Å². The van der Waals surface area contributed by atoms with Crippen LogP contribution in [0.5, 0.6) is 0 Å². The summed E-state index contributed by atoms with van der Waals surface area (Å²) in [5.74, 6) is -1.97. The molecule has 5 nitrogen and oxygen atoms in total. The molecule has 2 N–H and O–H groups in total. The van der Waals surface area contributed by atoms with E-state index in [-0.39, 0.29) is 11.5 Å². The number of nitrogens with zero attached hydrogens (tertiary/aromatic N) is 1. The summed E-state index contributed by atoms with van der Waals surface area (Å²) < 4.78 is 29.3. The van der Waals surface area contributed by atoms with E-state index in [0.29, 0.717) is 23.3 Å². The van der Waals surface area contributed by atoms with Crippen LogP contribution in [-0.4, -0.2) is 21.9 Å². The second-order valence-electron chi connectivity index (χ2n) is 3.92. The number of hydrogen-bond donors (Lipinski definition) is 2. The molecule has 0 aliphatic carbocycles. The van der Waals surface area contributed by atoms with Gasteiger partial charge in [0.1, 0.15) is 11.6 Å². The lowest BCUT2D eigenvalue weighted by Crippen LogP contribution is -2.12. The second-order valence-corrected chi connectivity index (χ2v) is 4.89.